The van der Waals surface area contributed by atoms with Gasteiger partial charge in [0.15, 0.2) is 11.6 Å². The van der Waals surface area contributed by atoms with Gasteiger partial charge in [0, 0.05) is 16.7 Å². The van der Waals surface area contributed by atoms with Crippen LogP contribution in [0.4, 0.5) is 8.78 Å². The Kier molecular flexibility index (Phi) is 6.83. The molecule has 0 aliphatic carbocycles. The van der Waals surface area contributed by atoms with Gasteiger partial charge < -0.3 is 0 Å². The molecule has 0 aliphatic heterocycles. The molecule has 29 heavy (non-hydrogen) atoms. The Morgan fingerprint density at radius 3 is 1.66 bits per heavy atom. The van der Waals surface area contributed by atoms with E-state index in [1.54, 1.807) is 13.0 Å². The first kappa shape index (κ1) is 20.4. The fraction of sp³-hybridized carbons (Fsp3) is 0.185. The van der Waals surface area contributed by atoms with E-state index in [4.69, 9.17) is 0 Å². The van der Waals surface area contributed by atoms with Gasteiger partial charge >= 0.3 is 0 Å². The first-order valence-corrected chi connectivity index (χ1v) is 9.80. The van der Waals surface area contributed by atoms with Crippen molar-refractivity contribution >= 4 is 0 Å². The number of aryl methyl sites for hydroxylation is 2. The Morgan fingerprint density at radius 1 is 0.621 bits per heavy atom. The molecule has 0 bridgehead atoms. The molecule has 0 nitrogen and oxygen atoms in total. The van der Waals surface area contributed by atoms with E-state index in [9.17, 15) is 8.78 Å². The van der Waals surface area contributed by atoms with Crippen molar-refractivity contribution in [2.24, 2.45) is 0 Å². The molecular weight excluding hydrogens is 362 g/mol. The summed E-state index contributed by atoms with van der Waals surface area (Å²) in [6.07, 6.45) is 2.66. The molecule has 0 aliphatic rings. The van der Waals surface area contributed by atoms with E-state index >= 15 is 0 Å². The van der Waals surface area contributed by atoms with Gasteiger partial charge in [0.2, 0.25) is 0 Å². The highest BCUT2D eigenvalue weighted by Gasteiger charge is 2.10. The van der Waals surface area contributed by atoms with Crippen molar-refractivity contribution in [2.45, 2.75) is 33.1 Å². The zero-order valence-corrected chi connectivity index (χ0v) is 16.7. The van der Waals surface area contributed by atoms with E-state index in [0.29, 0.717) is 12.0 Å². The summed E-state index contributed by atoms with van der Waals surface area (Å²) in [7, 11) is 0. The molecule has 0 radical (unpaired) electrons. The third-order valence-corrected chi connectivity index (χ3v) is 4.61. The number of hydrogen-bond donors (Lipinski definition) is 0. The average Bonchev–Trinajstić information content (AvgIpc) is 2.75. The van der Waals surface area contributed by atoms with Crippen molar-refractivity contribution in [1.82, 2.24) is 0 Å². The predicted molar refractivity (Wildman–Crippen MR) is 115 cm³/mol. The maximum Gasteiger partial charge on any atom is 0.174 e. The van der Waals surface area contributed by atoms with Crippen molar-refractivity contribution in [3.63, 3.8) is 0 Å². The molecule has 0 aromatic heterocycles. The molecule has 3 aromatic carbocycles. The Bertz CT molecular complexity index is 1100. The van der Waals surface area contributed by atoms with Crippen LogP contribution in [0.15, 0.2) is 60.7 Å². The van der Waals surface area contributed by atoms with E-state index in [1.807, 2.05) is 36.4 Å². The van der Waals surface area contributed by atoms with Gasteiger partial charge in [-0.3, -0.25) is 0 Å². The second kappa shape index (κ2) is 9.72. The Labute approximate surface area is 171 Å². The second-order valence-electron chi connectivity index (χ2n) is 6.78. The zero-order chi connectivity index (χ0) is 20.6. The van der Waals surface area contributed by atoms with Crippen molar-refractivity contribution in [3.8, 4) is 23.7 Å². The third kappa shape index (κ3) is 5.34. The van der Waals surface area contributed by atoms with E-state index < -0.39 is 11.6 Å². The van der Waals surface area contributed by atoms with E-state index in [1.165, 1.54) is 11.6 Å². The SMILES string of the molecule is CCCc1ccc(C#Cc2ccc(C#Cc3ccc(CC)c(F)c3F)cc2)cc1. The van der Waals surface area contributed by atoms with Crippen molar-refractivity contribution in [3.05, 3.63) is 106 Å². The van der Waals surface area contributed by atoms with Gasteiger partial charge in [-0.1, -0.05) is 62.1 Å². The van der Waals surface area contributed by atoms with Crippen LogP contribution in [-0.2, 0) is 12.8 Å². The smallest absolute Gasteiger partial charge is 0.174 e. The molecule has 144 valence electrons. The first-order valence-electron chi connectivity index (χ1n) is 9.80. The molecule has 0 unspecified atom stereocenters. The van der Waals surface area contributed by atoms with Crippen molar-refractivity contribution < 1.29 is 8.78 Å². The van der Waals surface area contributed by atoms with Crippen LogP contribution < -0.4 is 0 Å². The molecule has 0 saturated carbocycles. The lowest BCUT2D eigenvalue weighted by molar-refractivity contribution is 0.498. The Morgan fingerprint density at radius 2 is 1.14 bits per heavy atom. The lowest BCUT2D eigenvalue weighted by Gasteiger charge is -2.02. The van der Waals surface area contributed by atoms with Gasteiger partial charge in [0.25, 0.3) is 0 Å². The van der Waals surface area contributed by atoms with Crippen LogP contribution in [0.3, 0.4) is 0 Å². The van der Waals surface area contributed by atoms with Crippen molar-refractivity contribution in [1.29, 1.82) is 0 Å². The van der Waals surface area contributed by atoms with Crippen LogP contribution in [-0.4, -0.2) is 0 Å². The first-order chi connectivity index (χ1) is 14.1. The summed E-state index contributed by atoms with van der Waals surface area (Å²) in [6, 6.07) is 18.8. The molecular formula is C27H22F2. The maximum atomic E-state index is 14.0. The van der Waals surface area contributed by atoms with Crippen LogP contribution in [0.25, 0.3) is 0 Å². The number of benzene rings is 3. The minimum Gasteiger partial charge on any atom is -0.203 e. The molecule has 3 rings (SSSR count). The molecule has 0 N–H and O–H groups in total. The van der Waals surface area contributed by atoms with E-state index in [2.05, 4.69) is 42.7 Å². The molecule has 0 saturated heterocycles. The zero-order valence-electron chi connectivity index (χ0n) is 16.7. The molecule has 0 spiro atoms. The average molecular weight is 384 g/mol. The standard InChI is InChI=1S/C27H22F2/c1-3-5-20-6-8-21(9-7-20)10-11-22-12-14-23(15-13-22)16-17-25-19-18-24(4-2)26(28)27(25)29/h6-9,12-15,18-19H,3-5H2,1-2H3. The van der Waals surface area contributed by atoms with E-state index in [0.717, 1.165) is 29.5 Å². The second-order valence-corrected chi connectivity index (χ2v) is 6.78. The maximum absolute atomic E-state index is 14.0. The topological polar surface area (TPSA) is 0 Å². The number of halogens is 2. The van der Waals surface area contributed by atoms with Crippen LogP contribution in [0.1, 0.15) is 53.6 Å². The summed E-state index contributed by atoms with van der Waals surface area (Å²) in [6.45, 7) is 3.95. The fourth-order valence-corrected chi connectivity index (χ4v) is 2.92. The monoisotopic (exact) mass is 384 g/mol. The van der Waals surface area contributed by atoms with Gasteiger partial charge in [0.1, 0.15) is 0 Å². The summed E-state index contributed by atoms with van der Waals surface area (Å²) >= 11 is 0. The summed E-state index contributed by atoms with van der Waals surface area (Å²) in [4.78, 5) is 0. The lowest BCUT2D eigenvalue weighted by Crippen LogP contribution is -1.96. The molecule has 0 amide bonds. The number of rotatable bonds is 3. The lowest BCUT2D eigenvalue weighted by atomic mass is 10.1. The largest absolute Gasteiger partial charge is 0.203 e. The third-order valence-electron chi connectivity index (χ3n) is 4.61. The highest BCUT2D eigenvalue weighted by atomic mass is 19.2. The van der Waals surface area contributed by atoms with Crippen LogP contribution >= 0.6 is 0 Å². The minimum atomic E-state index is -0.885. The minimum absolute atomic E-state index is 0.0649. The molecule has 3 aromatic rings. The van der Waals surface area contributed by atoms with Crippen LogP contribution in [0, 0.1) is 35.3 Å². The van der Waals surface area contributed by atoms with Gasteiger partial charge in [-0.15, -0.1) is 0 Å². The summed E-state index contributed by atoms with van der Waals surface area (Å²) < 4.78 is 27.9. The quantitative estimate of drug-likeness (QED) is 0.466. The molecule has 2 heteroatoms. The van der Waals surface area contributed by atoms with Crippen molar-refractivity contribution in [2.75, 3.05) is 0 Å². The van der Waals surface area contributed by atoms with Gasteiger partial charge in [-0.05, 0) is 66.4 Å². The Hall–Kier alpha value is -3.36. The fourth-order valence-electron chi connectivity index (χ4n) is 2.92. The molecule has 0 heterocycles. The molecule has 0 atom stereocenters. The predicted octanol–water partition coefficient (Wildman–Crippen LogP) is 6.28. The van der Waals surface area contributed by atoms with E-state index in [-0.39, 0.29) is 5.56 Å². The van der Waals surface area contributed by atoms with Gasteiger partial charge in [-0.2, -0.15) is 0 Å². The normalized spacial score (nSPS) is 9.93. The highest BCUT2D eigenvalue weighted by Crippen LogP contribution is 2.16. The van der Waals surface area contributed by atoms with Crippen LogP contribution in [0.5, 0.6) is 0 Å². The van der Waals surface area contributed by atoms with Gasteiger partial charge in [-0.25, -0.2) is 8.78 Å². The summed E-state index contributed by atoms with van der Waals surface area (Å²) in [5.41, 5.74) is 4.31. The summed E-state index contributed by atoms with van der Waals surface area (Å²) in [5, 5.41) is 0. The summed E-state index contributed by atoms with van der Waals surface area (Å²) in [5.74, 6) is 10.2. The highest BCUT2D eigenvalue weighted by molar-refractivity contribution is 5.48. The molecule has 0 fully saturated rings. The number of hydrogen-bond acceptors (Lipinski definition) is 0. The Balaban J connectivity index is 1.72. The van der Waals surface area contributed by atoms with Crippen LogP contribution in [0.2, 0.25) is 0 Å². The van der Waals surface area contributed by atoms with Gasteiger partial charge in [0.05, 0.1) is 5.56 Å².